The summed E-state index contributed by atoms with van der Waals surface area (Å²) >= 11 is 5.15. The monoisotopic (exact) mass is 163 g/mol. The number of amides is 2. The fraction of sp³-hybridized carbons (Fsp3) is 0.667. The fourth-order valence-electron chi connectivity index (χ4n) is 0.549. The molecule has 4 heteroatoms. The Kier molecular flexibility index (Phi) is 4.03. The summed E-state index contributed by atoms with van der Waals surface area (Å²) in [4.78, 5) is 20.7. The van der Waals surface area contributed by atoms with Crippen LogP contribution in [0.3, 0.4) is 0 Å². The molecule has 1 heterocycles. The fourth-order valence-corrected chi connectivity index (χ4v) is 0.718. The Morgan fingerprint density at radius 1 is 1.20 bits per heavy atom. The molecule has 0 aliphatic carbocycles. The largest absolute Gasteiger partial charge is 0.273 e. The molecular weight excluding hydrogens is 154 g/mol. The molecule has 0 unspecified atom stereocenters. The summed E-state index contributed by atoms with van der Waals surface area (Å²) in [5, 5.41) is 0. The molecule has 0 aromatic rings. The molecule has 1 saturated heterocycles. The van der Waals surface area contributed by atoms with Gasteiger partial charge in [0, 0.05) is 24.6 Å². The van der Waals surface area contributed by atoms with Gasteiger partial charge in [-0.3, -0.25) is 9.59 Å². The van der Waals surface area contributed by atoms with Gasteiger partial charge in [0.15, 0.2) is 0 Å². The quantitative estimate of drug-likeness (QED) is 0.399. The Hall–Kier alpha value is -0.570. The minimum Gasteiger partial charge on any atom is -0.273 e. The number of imide groups is 1. The van der Waals surface area contributed by atoms with Crippen LogP contribution in [0.2, 0.25) is 0 Å². The number of nitrogens with zero attached hydrogens (tertiary/aromatic N) is 1. The van der Waals surface area contributed by atoms with Gasteiger partial charge in [0.2, 0.25) is 11.8 Å². The van der Waals surface area contributed by atoms with Crippen LogP contribution in [0.1, 0.15) is 26.7 Å². The van der Waals surface area contributed by atoms with E-state index in [0.29, 0.717) is 4.42 Å². The molecule has 1 fully saturated rings. The van der Waals surface area contributed by atoms with Crippen LogP contribution < -0.4 is 0 Å². The highest BCUT2D eigenvalue weighted by Gasteiger charge is 2.26. The highest BCUT2D eigenvalue weighted by Crippen LogP contribution is 2.12. The number of hydrogen-bond donors (Lipinski definition) is 0. The molecule has 3 nitrogen and oxygen atoms in total. The van der Waals surface area contributed by atoms with Crippen LogP contribution in [0.25, 0.3) is 0 Å². The second-order valence-corrected chi connectivity index (χ2v) is 1.91. The third-order valence-electron chi connectivity index (χ3n) is 0.991. The topological polar surface area (TPSA) is 37.4 Å². The van der Waals surface area contributed by atoms with Crippen molar-refractivity contribution in [3.8, 4) is 0 Å². The van der Waals surface area contributed by atoms with Crippen molar-refractivity contribution in [2.75, 3.05) is 0 Å². The Morgan fingerprint density at radius 3 is 1.60 bits per heavy atom. The van der Waals surface area contributed by atoms with Gasteiger partial charge in [-0.25, -0.2) is 0 Å². The smallest absolute Gasteiger partial charge is 0.244 e. The van der Waals surface area contributed by atoms with Crippen LogP contribution in [0, 0.1) is 0 Å². The SMILES string of the molecule is CC.O=C1CCC(=O)N1Cl. The summed E-state index contributed by atoms with van der Waals surface area (Å²) in [5.41, 5.74) is 0. The Balaban J connectivity index is 0.000000371. The van der Waals surface area contributed by atoms with Gasteiger partial charge in [-0.1, -0.05) is 13.8 Å². The van der Waals surface area contributed by atoms with Crippen LogP contribution in [0.15, 0.2) is 0 Å². The molecular formula is C6H10ClNO2. The first-order valence-electron chi connectivity index (χ1n) is 3.23. The molecule has 0 aromatic carbocycles. The zero-order chi connectivity index (χ0) is 8.15. The molecule has 1 rings (SSSR count). The zero-order valence-corrected chi connectivity index (χ0v) is 6.81. The molecule has 0 N–H and O–H groups in total. The zero-order valence-electron chi connectivity index (χ0n) is 6.06. The van der Waals surface area contributed by atoms with E-state index in [1.165, 1.54) is 0 Å². The maximum Gasteiger partial charge on any atom is 0.244 e. The molecule has 0 spiro atoms. The van der Waals surface area contributed by atoms with Gasteiger partial charge >= 0.3 is 0 Å². The molecule has 0 radical (unpaired) electrons. The third-order valence-corrected chi connectivity index (χ3v) is 1.37. The minimum atomic E-state index is -0.295. The summed E-state index contributed by atoms with van der Waals surface area (Å²) in [7, 11) is 0. The molecule has 58 valence electrons. The van der Waals surface area contributed by atoms with Crippen molar-refractivity contribution < 1.29 is 9.59 Å². The first-order chi connectivity index (χ1) is 4.72. The summed E-state index contributed by atoms with van der Waals surface area (Å²) in [6, 6.07) is 0. The van der Waals surface area contributed by atoms with E-state index in [4.69, 9.17) is 11.8 Å². The molecule has 10 heavy (non-hydrogen) atoms. The predicted molar refractivity (Wildman–Crippen MR) is 38.3 cm³/mol. The van der Waals surface area contributed by atoms with E-state index in [9.17, 15) is 9.59 Å². The van der Waals surface area contributed by atoms with Crippen molar-refractivity contribution in [1.29, 1.82) is 0 Å². The molecule has 0 saturated carbocycles. The maximum atomic E-state index is 10.4. The first-order valence-corrected chi connectivity index (χ1v) is 3.57. The van der Waals surface area contributed by atoms with Gasteiger partial charge in [-0.15, -0.1) is 0 Å². The Bertz CT molecular complexity index is 131. The van der Waals surface area contributed by atoms with Gasteiger partial charge in [-0.05, 0) is 0 Å². The highest BCUT2D eigenvalue weighted by molar-refractivity contribution is 6.32. The van der Waals surface area contributed by atoms with Crippen molar-refractivity contribution in [3.05, 3.63) is 0 Å². The Labute approximate surface area is 65.1 Å². The van der Waals surface area contributed by atoms with Gasteiger partial charge in [0.05, 0.1) is 0 Å². The van der Waals surface area contributed by atoms with E-state index >= 15 is 0 Å². The standard InChI is InChI=1S/C4H4ClNO2.C2H6/c5-6-3(7)1-2-4(6)8;1-2/h1-2H2;1-2H3. The number of halogens is 1. The molecule has 1 aliphatic heterocycles. The second kappa shape index (κ2) is 4.28. The van der Waals surface area contributed by atoms with Gasteiger partial charge < -0.3 is 0 Å². The van der Waals surface area contributed by atoms with E-state index < -0.39 is 0 Å². The summed E-state index contributed by atoms with van der Waals surface area (Å²) < 4.78 is 0.639. The number of carbonyl (C=O) groups excluding carboxylic acids is 2. The molecule has 0 aromatic heterocycles. The lowest BCUT2D eigenvalue weighted by Gasteiger charge is -1.96. The van der Waals surface area contributed by atoms with E-state index in [0.717, 1.165) is 0 Å². The Morgan fingerprint density at radius 2 is 1.50 bits per heavy atom. The van der Waals surface area contributed by atoms with E-state index in [2.05, 4.69) is 0 Å². The van der Waals surface area contributed by atoms with Crippen LogP contribution >= 0.6 is 11.8 Å². The van der Waals surface area contributed by atoms with Crippen molar-refractivity contribution in [1.82, 2.24) is 4.42 Å². The molecule has 1 aliphatic rings. The number of hydrogen-bond acceptors (Lipinski definition) is 2. The third kappa shape index (κ3) is 1.99. The van der Waals surface area contributed by atoms with E-state index in [1.54, 1.807) is 0 Å². The van der Waals surface area contributed by atoms with Crippen molar-refractivity contribution in [2.45, 2.75) is 26.7 Å². The maximum absolute atomic E-state index is 10.4. The minimum absolute atomic E-state index is 0.266. The lowest BCUT2D eigenvalue weighted by atomic mass is 10.4. The van der Waals surface area contributed by atoms with Crippen molar-refractivity contribution in [3.63, 3.8) is 0 Å². The normalized spacial score (nSPS) is 16.9. The number of carbonyl (C=O) groups is 2. The molecule has 2 amide bonds. The molecule has 0 bridgehead atoms. The van der Waals surface area contributed by atoms with Crippen LogP contribution in [-0.4, -0.2) is 16.2 Å². The van der Waals surface area contributed by atoms with E-state index in [1.807, 2.05) is 13.8 Å². The van der Waals surface area contributed by atoms with E-state index in [-0.39, 0.29) is 24.7 Å². The highest BCUT2D eigenvalue weighted by atomic mass is 35.5. The molecule has 0 atom stereocenters. The average molecular weight is 164 g/mol. The lowest BCUT2D eigenvalue weighted by molar-refractivity contribution is -0.132. The summed E-state index contributed by atoms with van der Waals surface area (Å²) in [6.07, 6.45) is 0.532. The van der Waals surface area contributed by atoms with Gasteiger partial charge in [-0.2, -0.15) is 4.42 Å². The van der Waals surface area contributed by atoms with Gasteiger partial charge in [0.1, 0.15) is 0 Å². The summed E-state index contributed by atoms with van der Waals surface area (Å²) in [6.45, 7) is 4.00. The van der Waals surface area contributed by atoms with Gasteiger partial charge in [0.25, 0.3) is 0 Å². The van der Waals surface area contributed by atoms with Crippen LogP contribution in [-0.2, 0) is 9.59 Å². The van der Waals surface area contributed by atoms with Crippen molar-refractivity contribution >= 4 is 23.6 Å². The lowest BCUT2D eigenvalue weighted by Crippen LogP contribution is -2.16. The van der Waals surface area contributed by atoms with Crippen LogP contribution in [0.5, 0.6) is 0 Å². The van der Waals surface area contributed by atoms with Crippen LogP contribution in [0.4, 0.5) is 0 Å². The number of rotatable bonds is 0. The second-order valence-electron chi connectivity index (χ2n) is 1.57. The first kappa shape index (κ1) is 9.43. The predicted octanol–water partition coefficient (Wildman–Crippen LogP) is 1.32. The summed E-state index contributed by atoms with van der Waals surface area (Å²) in [5.74, 6) is -0.590. The average Bonchev–Trinajstić information content (AvgIpc) is 2.25. The van der Waals surface area contributed by atoms with Crippen molar-refractivity contribution in [2.24, 2.45) is 0 Å².